The number of fused-ring (bicyclic) bond motifs is 1. The van der Waals surface area contributed by atoms with Crippen LogP contribution in [0.5, 0.6) is 17.2 Å². The van der Waals surface area contributed by atoms with E-state index in [0.29, 0.717) is 48.8 Å². The highest BCUT2D eigenvalue weighted by molar-refractivity contribution is 6.02. The van der Waals surface area contributed by atoms with Crippen LogP contribution in [0.25, 0.3) is 6.08 Å². The molecule has 2 aliphatic heterocycles. The van der Waals surface area contributed by atoms with E-state index < -0.39 is 6.04 Å². The Morgan fingerprint density at radius 3 is 2.25 bits per heavy atom. The van der Waals surface area contributed by atoms with Crippen molar-refractivity contribution in [2.75, 3.05) is 70.8 Å². The second-order valence-electron chi connectivity index (χ2n) is 13.4. The van der Waals surface area contributed by atoms with Gasteiger partial charge in [0.25, 0.3) is 0 Å². The number of piperazine rings is 1. The number of carbonyl (C=O) groups is 2. The number of para-hydroxylation sites is 2. The van der Waals surface area contributed by atoms with Crippen LogP contribution in [-0.4, -0.2) is 82.1 Å². The van der Waals surface area contributed by atoms with E-state index in [-0.39, 0.29) is 23.7 Å². The predicted octanol–water partition coefficient (Wildman–Crippen LogP) is 6.19. The second-order valence-corrected chi connectivity index (χ2v) is 13.4. The van der Waals surface area contributed by atoms with Crippen LogP contribution < -0.4 is 24.4 Å². The minimum atomic E-state index is -0.608. The fourth-order valence-corrected chi connectivity index (χ4v) is 7.14. The molecular weight excluding hydrogens is 604 g/mol. The molecule has 48 heavy (non-hydrogen) atoms. The molecule has 9 heteroatoms. The van der Waals surface area contributed by atoms with Crippen molar-refractivity contribution in [3.05, 3.63) is 95.2 Å². The van der Waals surface area contributed by atoms with E-state index in [1.165, 1.54) is 5.56 Å². The lowest BCUT2D eigenvalue weighted by molar-refractivity contribution is -0.131. The third-order valence-electron chi connectivity index (χ3n) is 9.54. The number of Topliss-reactive ketones (excluding diaryl/α,β-unsaturated/α-hetero) is 1. The zero-order valence-electron chi connectivity index (χ0n) is 28.6. The first-order chi connectivity index (χ1) is 23.2. The Bertz CT molecular complexity index is 1710. The number of nitrogens with one attached hydrogen (secondary N) is 1. The second kappa shape index (κ2) is 14.2. The Morgan fingerprint density at radius 2 is 1.54 bits per heavy atom. The van der Waals surface area contributed by atoms with Gasteiger partial charge in [-0.3, -0.25) is 14.5 Å². The van der Waals surface area contributed by atoms with Crippen molar-refractivity contribution in [3.8, 4) is 17.2 Å². The Labute approximate surface area is 283 Å². The van der Waals surface area contributed by atoms with E-state index >= 15 is 0 Å². The van der Waals surface area contributed by atoms with E-state index in [1.54, 1.807) is 27.4 Å². The number of methoxy groups -OCH3 is 3. The fourth-order valence-electron chi connectivity index (χ4n) is 7.14. The van der Waals surface area contributed by atoms with Gasteiger partial charge in [0.15, 0.2) is 17.3 Å². The summed E-state index contributed by atoms with van der Waals surface area (Å²) in [5, 5.41) is 3.64. The smallest absolute Gasteiger partial charge is 0.242 e. The van der Waals surface area contributed by atoms with Crippen LogP contribution in [-0.2, 0) is 9.59 Å². The van der Waals surface area contributed by atoms with Gasteiger partial charge in [-0.2, -0.15) is 0 Å². The van der Waals surface area contributed by atoms with Crippen molar-refractivity contribution in [2.45, 2.75) is 32.7 Å². The maximum atomic E-state index is 14.2. The third kappa shape index (κ3) is 6.92. The number of hydrogen-bond donors (Lipinski definition) is 1. The summed E-state index contributed by atoms with van der Waals surface area (Å²) in [6, 6.07) is 21.3. The van der Waals surface area contributed by atoms with Crippen molar-refractivity contribution in [1.82, 2.24) is 9.80 Å². The van der Waals surface area contributed by atoms with Gasteiger partial charge in [0.2, 0.25) is 5.91 Å². The van der Waals surface area contributed by atoms with Crippen LogP contribution in [0, 0.1) is 5.41 Å². The van der Waals surface area contributed by atoms with Crippen LogP contribution in [0.1, 0.15) is 43.9 Å². The van der Waals surface area contributed by atoms with Crippen LogP contribution in [0.2, 0.25) is 0 Å². The molecule has 0 spiro atoms. The van der Waals surface area contributed by atoms with E-state index in [2.05, 4.69) is 53.2 Å². The minimum Gasteiger partial charge on any atom is -0.496 e. The van der Waals surface area contributed by atoms with Crippen molar-refractivity contribution >= 4 is 29.1 Å². The largest absolute Gasteiger partial charge is 0.496 e. The van der Waals surface area contributed by atoms with Crippen molar-refractivity contribution in [3.63, 3.8) is 0 Å². The maximum Gasteiger partial charge on any atom is 0.242 e. The topological polar surface area (TPSA) is 83.6 Å². The molecule has 252 valence electrons. The number of carbonyl (C=O) groups excluding carboxylic acids is 2. The molecule has 0 radical (unpaired) electrons. The predicted molar refractivity (Wildman–Crippen MR) is 190 cm³/mol. The molecule has 1 unspecified atom stereocenters. The number of ketones is 1. The average Bonchev–Trinajstić information content (AvgIpc) is 3.22. The zero-order chi connectivity index (χ0) is 33.8. The number of amides is 1. The highest BCUT2D eigenvalue weighted by atomic mass is 16.5. The number of ether oxygens (including phenoxy) is 3. The molecule has 1 atom stereocenters. The van der Waals surface area contributed by atoms with Gasteiger partial charge in [0, 0.05) is 62.0 Å². The molecule has 2 heterocycles. The Balaban J connectivity index is 1.34. The summed E-state index contributed by atoms with van der Waals surface area (Å²) in [5.41, 5.74) is 4.93. The highest BCUT2D eigenvalue weighted by Gasteiger charge is 2.43. The molecule has 1 saturated heterocycles. The van der Waals surface area contributed by atoms with Crippen LogP contribution >= 0.6 is 0 Å². The van der Waals surface area contributed by atoms with Crippen LogP contribution in [0.3, 0.4) is 0 Å². The van der Waals surface area contributed by atoms with Gasteiger partial charge in [-0.1, -0.05) is 68.5 Å². The monoisotopic (exact) mass is 650 g/mol. The highest BCUT2D eigenvalue weighted by Crippen LogP contribution is 2.51. The Hall–Kier alpha value is -4.76. The lowest BCUT2D eigenvalue weighted by Crippen LogP contribution is -2.51. The van der Waals surface area contributed by atoms with Crippen molar-refractivity contribution in [1.29, 1.82) is 0 Å². The molecule has 0 saturated carbocycles. The Kier molecular flexibility index (Phi) is 9.78. The van der Waals surface area contributed by atoms with E-state index in [9.17, 15) is 9.59 Å². The number of anilines is 2. The maximum absolute atomic E-state index is 14.2. The van der Waals surface area contributed by atoms with E-state index in [4.69, 9.17) is 14.2 Å². The summed E-state index contributed by atoms with van der Waals surface area (Å²) in [5.74, 6) is 1.67. The van der Waals surface area contributed by atoms with E-state index in [0.717, 1.165) is 42.3 Å². The molecule has 0 aromatic heterocycles. The first kappa shape index (κ1) is 33.2. The summed E-state index contributed by atoms with van der Waals surface area (Å²) >= 11 is 0. The molecule has 1 aliphatic carbocycles. The van der Waals surface area contributed by atoms with Crippen molar-refractivity contribution < 1.29 is 23.8 Å². The normalized spacial score (nSPS) is 19.4. The average molecular weight is 651 g/mol. The molecule has 9 nitrogen and oxygen atoms in total. The number of rotatable bonds is 9. The molecule has 0 bridgehead atoms. The summed E-state index contributed by atoms with van der Waals surface area (Å²) in [7, 11) is 4.79. The van der Waals surface area contributed by atoms with Gasteiger partial charge in [-0.25, -0.2) is 0 Å². The molecule has 3 aromatic rings. The number of nitrogens with zero attached hydrogens (tertiary/aromatic N) is 3. The molecule has 1 N–H and O–H groups in total. The van der Waals surface area contributed by atoms with Crippen molar-refractivity contribution in [2.24, 2.45) is 5.41 Å². The first-order valence-corrected chi connectivity index (χ1v) is 16.6. The quantitative estimate of drug-likeness (QED) is 0.294. The number of benzene rings is 3. The summed E-state index contributed by atoms with van der Waals surface area (Å²) in [4.78, 5) is 34.9. The molecule has 3 aliphatic rings. The zero-order valence-corrected chi connectivity index (χ0v) is 28.6. The lowest BCUT2D eigenvalue weighted by atomic mass is 9.73. The number of hydrogen-bond acceptors (Lipinski definition) is 8. The molecule has 6 rings (SSSR count). The van der Waals surface area contributed by atoms with Crippen LogP contribution in [0.4, 0.5) is 11.4 Å². The van der Waals surface area contributed by atoms with Gasteiger partial charge < -0.3 is 29.3 Å². The summed E-state index contributed by atoms with van der Waals surface area (Å²) in [6.07, 6.45) is 5.42. The van der Waals surface area contributed by atoms with E-state index in [1.807, 2.05) is 53.4 Å². The molecular formula is C39H46N4O5. The van der Waals surface area contributed by atoms with Gasteiger partial charge >= 0.3 is 0 Å². The van der Waals surface area contributed by atoms with Gasteiger partial charge in [-0.05, 0) is 35.6 Å². The van der Waals surface area contributed by atoms with Gasteiger partial charge in [0.1, 0.15) is 5.75 Å². The van der Waals surface area contributed by atoms with Gasteiger partial charge in [-0.15, -0.1) is 0 Å². The summed E-state index contributed by atoms with van der Waals surface area (Å²) < 4.78 is 17.3. The lowest BCUT2D eigenvalue weighted by Gasteiger charge is -2.40. The molecule has 1 fully saturated rings. The number of allylic oxidation sites excluding steroid dienone is 1. The Morgan fingerprint density at radius 1 is 0.875 bits per heavy atom. The molecule has 3 aromatic carbocycles. The standard InChI is InChI=1S/C39H46N4O5/c1-39(2)24-30-37(32(44)25-39)38(28-22-34(47-4)35(48-5)23-33(28)46-3)43(31-16-10-9-15-29(31)40-30)26-36(45)42-20-18-41(19-21-42)17-11-14-27-12-7-6-8-13-27/h6-16,22-23,38,40H,17-21,24-26H2,1-5H3/b14-11+. The SMILES string of the molecule is COc1cc(OC)c(C2C3=C(CC(C)(C)CC3=O)Nc3ccccc3N2CC(=O)N2CCN(C/C=C/c3ccccc3)CC2)cc1OC. The van der Waals surface area contributed by atoms with Gasteiger partial charge in [0.05, 0.1) is 45.3 Å². The van der Waals surface area contributed by atoms with Crippen LogP contribution in [0.15, 0.2) is 84.1 Å². The summed E-state index contributed by atoms with van der Waals surface area (Å²) in [6.45, 7) is 8.02. The molecule has 1 amide bonds. The first-order valence-electron chi connectivity index (χ1n) is 16.6. The third-order valence-corrected chi connectivity index (χ3v) is 9.54. The fraction of sp³-hybridized carbons (Fsp3) is 0.385. The minimum absolute atomic E-state index is 0.0152.